The normalized spacial score (nSPS) is 34.8. The van der Waals surface area contributed by atoms with Crippen LogP contribution in [0.15, 0.2) is 0 Å². The smallest absolute Gasteiger partial charge is 0.180 e. The van der Waals surface area contributed by atoms with E-state index in [-0.39, 0.29) is 12.1 Å². The lowest BCUT2D eigenvalue weighted by atomic mass is 10.1. The number of hydrogen-bond donors (Lipinski definition) is 3. The van der Waals surface area contributed by atoms with Crippen LogP contribution >= 0.6 is 12.2 Å². The Hall–Kier alpha value is -0.390. The number of nitrogens with one attached hydrogen (secondary N) is 2. The minimum absolute atomic E-state index is 0.200. The third-order valence-electron chi connectivity index (χ3n) is 2.05. The monoisotopic (exact) mass is 189 g/mol. The minimum atomic E-state index is 0.200. The Bertz CT molecular complexity index is 176. The Morgan fingerprint density at radius 2 is 2.25 bits per heavy atom. The zero-order valence-electron chi connectivity index (χ0n) is 7.33. The van der Waals surface area contributed by atoms with Gasteiger partial charge in [0.2, 0.25) is 0 Å². The molecule has 3 atom stereocenters. The van der Waals surface area contributed by atoms with Gasteiger partial charge in [0.05, 0.1) is 18.2 Å². The fourth-order valence-corrected chi connectivity index (χ4v) is 1.60. The van der Waals surface area contributed by atoms with Crippen LogP contribution in [0.3, 0.4) is 0 Å². The molecule has 1 aliphatic heterocycles. The Morgan fingerprint density at radius 1 is 1.58 bits per heavy atom. The molecule has 0 aromatic heterocycles. The van der Waals surface area contributed by atoms with Gasteiger partial charge in [-0.2, -0.15) is 0 Å². The maximum absolute atomic E-state index is 5.53. The third kappa shape index (κ3) is 2.30. The zero-order chi connectivity index (χ0) is 9.14. The van der Waals surface area contributed by atoms with Gasteiger partial charge in [-0.1, -0.05) is 0 Å². The van der Waals surface area contributed by atoms with Crippen molar-refractivity contribution in [3.8, 4) is 0 Å². The van der Waals surface area contributed by atoms with Crippen LogP contribution in [0.1, 0.15) is 20.3 Å². The minimum Gasteiger partial charge on any atom is -0.373 e. The van der Waals surface area contributed by atoms with Crippen LogP contribution in [0.4, 0.5) is 0 Å². The number of hydrazine groups is 1. The summed E-state index contributed by atoms with van der Waals surface area (Å²) in [6, 6.07) is 0.281. The predicted molar refractivity (Wildman–Crippen MR) is 51.5 cm³/mol. The molecule has 70 valence electrons. The molecule has 3 unspecified atom stereocenters. The van der Waals surface area contributed by atoms with Crippen molar-refractivity contribution in [2.45, 2.75) is 38.5 Å². The molecule has 0 aromatic carbocycles. The Balaban J connectivity index is 2.37. The first-order valence-electron chi connectivity index (χ1n) is 4.06. The molecule has 0 aromatic rings. The van der Waals surface area contributed by atoms with E-state index >= 15 is 0 Å². The van der Waals surface area contributed by atoms with E-state index in [1.54, 1.807) is 0 Å². The first-order chi connectivity index (χ1) is 5.63. The molecular weight excluding hydrogens is 174 g/mol. The van der Waals surface area contributed by atoms with Gasteiger partial charge in [-0.05, 0) is 32.5 Å². The second-order valence-electron chi connectivity index (χ2n) is 3.11. The van der Waals surface area contributed by atoms with Crippen molar-refractivity contribution < 1.29 is 4.74 Å². The Labute approximate surface area is 77.8 Å². The van der Waals surface area contributed by atoms with E-state index in [9.17, 15) is 0 Å². The molecule has 0 bridgehead atoms. The van der Waals surface area contributed by atoms with E-state index in [2.05, 4.69) is 17.7 Å². The summed E-state index contributed by atoms with van der Waals surface area (Å²) in [6.07, 6.45) is 1.48. The first-order valence-corrected chi connectivity index (χ1v) is 4.47. The number of rotatable bonds is 1. The van der Waals surface area contributed by atoms with Gasteiger partial charge in [-0.3, -0.25) is 0 Å². The molecule has 1 saturated heterocycles. The number of hydrogen-bond acceptors (Lipinski definition) is 3. The summed E-state index contributed by atoms with van der Waals surface area (Å²) in [5.74, 6) is 5.14. The lowest BCUT2D eigenvalue weighted by molar-refractivity contribution is 0.0622. The van der Waals surface area contributed by atoms with Crippen molar-refractivity contribution in [2.75, 3.05) is 0 Å². The highest BCUT2D eigenvalue weighted by molar-refractivity contribution is 7.80. The van der Waals surface area contributed by atoms with E-state index in [4.69, 9.17) is 22.8 Å². The number of thiocarbonyl (C=S) groups is 1. The van der Waals surface area contributed by atoms with Gasteiger partial charge in [0.25, 0.3) is 0 Å². The lowest BCUT2D eigenvalue weighted by Crippen LogP contribution is -2.47. The molecule has 4 N–H and O–H groups in total. The Kier molecular flexibility index (Phi) is 3.25. The molecular formula is C7H15N3OS. The van der Waals surface area contributed by atoms with Gasteiger partial charge >= 0.3 is 0 Å². The lowest BCUT2D eigenvalue weighted by Gasteiger charge is -2.16. The van der Waals surface area contributed by atoms with E-state index in [0.29, 0.717) is 11.2 Å². The summed E-state index contributed by atoms with van der Waals surface area (Å²) in [5, 5.41) is 3.56. The molecule has 1 rings (SSSR count). The molecule has 1 fully saturated rings. The van der Waals surface area contributed by atoms with Crippen LogP contribution in [-0.2, 0) is 4.74 Å². The molecule has 12 heavy (non-hydrogen) atoms. The third-order valence-corrected chi connectivity index (χ3v) is 2.28. The first kappa shape index (κ1) is 9.70. The van der Waals surface area contributed by atoms with Crippen LogP contribution in [0.5, 0.6) is 0 Å². The van der Waals surface area contributed by atoms with Gasteiger partial charge in [-0.15, -0.1) is 0 Å². The summed E-state index contributed by atoms with van der Waals surface area (Å²) in [6.45, 7) is 4.08. The van der Waals surface area contributed by atoms with Gasteiger partial charge in [0.15, 0.2) is 5.11 Å². The van der Waals surface area contributed by atoms with Crippen molar-refractivity contribution in [1.29, 1.82) is 0 Å². The highest BCUT2D eigenvalue weighted by atomic mass is 32.1. The average Bonchev–Trinajstić information content (AvgIpc) is 2.30. The van der Waals surface area contributed by atoms with Crippen molar-refractivity contribution in [2.24, 2.45) is 5.84 Å². The summed E-state index contributed by atoms with van der Waals surface area (Å²) >= 11 is 4.88. The Morgan fingerprint density at radius 3 is 2.67 bits per heavy atom. The van der Waals surface area contributed by atoms with Crippen LogP contribution in [-0.4, -0.2) is 23.4 Å². The molecule has 5 heteroatoms. The maximum atomic E-state index is 5.53. The average molecular weight is 189 g/mol. The molecule has 4 nitrogen and oxygen atoms in total. The summed E-state index contributed by atoms with van der Waals surface area (Å²) in [4.78, 5) is 0. The molecule has 0 amide bonds. The van der Waals surface area contributed by atoms with Gasteiger partial charge in [0, 0.05) is 0 Å². The van der Waals surface area contributed by atoms with Crippen LogP contribution in [0.2, 0.25) is 0 Å². The van der Waals surface area contributed by atoms with E-state index in [1.165, 1.54) is 0 Å². The summed E-state index contributed by atoms with van der Waals surface area (Å²) in [5.41, 5.74) is 2.39. The van der Waals surface area contributed by atoms with E-state index < -0.39 is 0 Å². The molecule has 0 radical (unpaired) electrons. The molecule has 0 aliphatic carbocycles. The fraction of sp³-hybridized carbons (Fsp3) is 0.857. The van der Waals surface area contributed by atoms with Crippen LogP contribution < -0.4 is 16.6 Å². The van der Waals surface area contributed by atoms with E-state index in [0.717, 1.165) is 6.42 Å². The molecule has 1 heterocycles. The number of nitrogens with two attached hydrogens (primary N) is 1. The summed E-state index contributed by atoms with van der Waals surface area (Å²) < 4.78 is 5.53. The van der Waals surface area contributed by atoms with Gasteiger partial charge in [-0.25, -0.2) is 5.84 Å². The van der Waals surface area contributed by atoms with Gasteiger partial charge < -0.3 is 15.5 Å². The topological polar surface area (TPSA) is 59.3 Å². The second kappa shape index (κ2) is 4.02. The predicted octanol–water partition coefficient (Wildman–Crippen LogP) is -0.110. The van der Waals surface area contributed by atoms with E-state index in [1.807, 2.05) is 6.92 Å². The second-order valence-corrected chi connectivity index (χ2v) is 3.52. The van der Waals surface area contributed by atoms with Crippen molar-refractivity contribution in [3.05, 3.63) is 0 Å². The highest BCUT2D eigenvalue weighted by Crippen LogP contribution is 2.19. The standard InChI is InChI=1S/C7H15N3OS/c1-4-3-6(5(2)11-4)9-7(12)10-8/h4-6H,3,8H2,1-2H3,(H2,9,10,12). The molecule has 0 saturated carbocycles. The molecule has 1 aliphatic rings. The number of ether oxygens (including phenoxy) is 1. The maximum Gasteiger partial charge on any atom is 0.180 e. The van der Waals surface area contributed by atoms with Crippen molar-refractivity contribution >= 4 is 17.3 Å². The highest BCUT2D eigenvalue weighted by Gasteiger charge is 2.29. The van der Waals surface area contributed by atoms with Crippen molar-refractivity contribution in [1.82, 2.24) is 10.7 Å². The SMILES string of the molecule is CC1CC(NC(=S)NN)C(C)O1. The van der Waals surface area contributed by atoms with Gasteiger partial charge in [0.1, 0.15) is 0 Å². The fourth-order valence-electron chi connectivity index (χ4n) is 1.45. The molecule has 0 spiro atoms. The quantitative estimate of drug-likeness (QED) is 0.305. The zero-order valence-corrected chi connectivity index (χ0v) is 8.15. The largest absolute Gasteiger partial charge is 0.373 e. The van der Waals surface area contributed by atoms with Crippen LogP contribution in [0, 0.1) is 0 Å². The van der Waals surface area contributed by atoms with Crippen LogP contribution in [0.25, 0.3) is 0 Å². The summed E-state index contributed by atoms with van der Waals surface area (Å²) in [7, 11) is 0. The van der Waals surface area contributed by atoms with Crippen molar-refractivity contribution in [3.63, 3.8) is 0 Å².